The molecule has 0 aliphatic carbocycles. The van der Waals surface area contributed by atoms with Gasteiger partial charge in [0, 0.05) is 0 Å². The summed E-state index contributed by atoms with van der Waals surface area (Å²) < 4.78 is 43.5. The third-order valence-electron chi connectivity index (χ3n) is 0.627. The van der Waals surface area contributed by atoms with Gasteiger partial charge < -0.3 is 0 Å². The molecule has 0 heterocycles. The number of hydrogen-bond acceptors (Lipinski definition) is 1. The van der Waals surface area contributed by atoms with Gasteiger partial charge in [-0.15, -0.1) is 0 Å². The van der Waals surface area contributed by atoms with Crippen molar-refractivity contribution >= 4 is 4.57 Å². The first kappa shape index (κ1) is 36.0. The van der Waals surface area contributed by atoms with E-state index in [1.807, 2.05) is 13.0 Å². The average molecular weight is 290 g/mol. The standard InChI is InChI=1S/C6H10O.5CO.Cr/c1-3-5-6-7-4-2;5*1-2;/h3H,1,5-6H2,2H3;;;;;;. The van der Waals surface area contributed by atoms with Crippen LogP contribution in [0.1, 0.15) is 13.3 Å². The van der Waals surface area contributed by atoms with Gasteiger partial charge in [0.05, 0.1) is 0 Å². The molecule has 0 atom stereocenters. The molecule has 7 heteroatoms. The summed E-state index contributed by atoms with van der Waals surface area (Å²) >= 11 is 2.76. The van der Waals surface area contributed by atoms with E-state index in [9.17, 15) is 0 Å². The van der Waals surface area contributed by atoms with Crippen LogP contribution in [0.2, 0.25) is 0 Å². The molecule has 0 saturated carbocycles. The van der Waals surface area contributed by atoms with Crippen LogP contribution in [0, 0.1) is 33.3 Å². The van der Waals surface area contributed by atoms with Crippen LogP contribution in [0.5, 0.6) is 0 Å². The van der Waals surface area contributed by atoms with Crippen LogP contribution < -0.4 is 0 Å². The molecular formula is C11H10CrO6. The Morgan fingerprint density at radius 2 is 1.28 bits per heavy atom. The van der Waals surface area contributed by atoms with E-state index in [-0.39, 0.29) is 0 Å². The number of ether oxygens (including phenoxy) is 1. The molecular weight excluding hydrogens is 280 g/mol. The van der Waals surface area contributed by atoms with Crippen LogP contribution in [0.4, 0.5) is 0 Å². The van der Waals surface area contributed by atoms with Crippen LogP contribution >= 0.6 is 0 Å². The molecule has 0 aromatic carbocycles. The quantitative estimate of drug-likeness (QED) is 0.328. The molecule has 0 aromatic rings. The molecule has 0 bridgehead atoms. The van der Waals surface area contributed by atoms with Gasteiger partial charge in [-0.05, 0) is 0 Å². The zero-order valence-electron chi connectivity index (χ0n) is 9.56. The summed E-state index contributed by atoms with van der Waals surface area (Å²) in [6.07, 6.45) is 2.75. The Hall–Kier alpha value is -1.20. The molecule has 0 fully saturated rings. The van der Waals surface area contributed by atoms with Gasteiger partial charge in [0.15, 0.2) is 0 Å². The van der Waals surface area contributed by atoms with E-state index in [0.717, 1.165) is 17.6 Å². The summed E-state index contributed by atoms with van der Waals surface area (Å²) in [6, 6.07) is 0. The van der Waals surface area contributed by atoms with Crippen LogP contribution in [-0.4, -0.2) is 11.2 Å². The first-order valence-corrected chi connectivity index (χ1v) is 4.17. The predicted octanol–water partition coefficient (Wildman–Crippen LogP) is 1.09. The molecule has 6 nitrogen and oxygen atoms in total. The molecule has 0 spiro atoms. The maximum absolute atomic E-state index is 7.50. The minimum atomic E-state index is 0.738. The molecule has 0 aliphatic rings. The Bertz CT molecular complexity index is 214. The van der Waals surface area contributed by atoms with Gasteiger partial charge in [-0.1, -0.05) is 0 Å². The van der Waals surface area contributed by atoms with E-state index in [1.165, 1.54) is 0 Å². The molecule has 0 amide bonds. The normalized spacial score (nSPS) is 4.39. The molecule has 0 saturated heterocycles. The van der Waals surface area contributed by atoms with Crippen LogP contribution in [0.15, 0.2) is 12.7 Å². The Morgan fingerprint density at radius 1 is 1.00 bits per heavy atom. The van der Waals surface area contributed by atoms with E-state index < -0.39 is 0 Å². The Labute approximate surface area is 115 Å². The SMILES string of the molecule is C=CCCO[C](C)=[Cr].[C-]#[O+].[C-]#[O+].[C-]#[O+].[C-]#[O+].[C-]#[O+]. The number of hydrogen-bond donors (Lipinski definition) is 0. The van der Waals surface area contributed by atoms with Gasteiger partial charge in [0.25, 0.3) is 0 Å². The van der Waals surface area contributed by atoms with E-state index in [4.69, 9.17) is 28.0 Å². The second-order valence-electron chi connectivity index (χ2n) is 1.42. The van der Waals surface area contributed by atoms with Gasteiger partial charge in [0.2, 0.25) is 0 Å². The van der Waals surface area contributed by atoms with Crippen molar-refractivity contribution in [1.29, 1.82) is 0 Å². The van der Waals surface area contributed by atoms with Gasteiger partial charge in [0.1, 0.15) is 0 Å². The zero-order valence-corrected chi connectivity index (χ0v) is 10.8. The van der Waals surface area contributed by atoms with E-state index in [2.05, 4.69) is 55.7 Å². The Morgan fingerprint density at radius 3 is 1.44 bits per heavy atom. The summed E-state index contributed by atoms with van der Waals surface area (Å²) in [6.45, 7) is 28.7. The Kier molecular flexibility index (Phi) is 205. The summed E-state index contributed by atoms with van der Waals surface area (Å²) in [5.74, 6) is 0. The maximum atomic E-state index is 7.50. The number of rotatable bonds is 4. The predicted molar refractivity (Wildman–Crippen MR) is 51.1 cm³/mol. The molecule has 0 aliphatic heterocycles. The van der Waals surface area contributed by atoms with Crippen molar-refractivity contribution < 1.29 is 43.8 Å². The summed E-state index contributed by atoms with van der Waals surface area (Å²) in [5, 5.41) is 0. The second-order valence-corrected chi connectivity index (χ2v) is 2.32. The van der Waals surface area contributed by atoms with E-state index >= 15 is 0 Å². The fourth-order valence-corrected chi connectivity index (χ4v) is 0.416. The second kappa shape index (κ2) is 103. The Balaban J connectivity index is -0.0000000304. The van der Waals surface area contributed by atoms with Crippen LogP contribution in [0.3, 0.4) is 0 Å². The van der Waals surface area contributed by atoms with Crippen molar-refractivity contribution in [2.24, 2.45) is 0 Å². The molecule has 0 radical (unpaired) electrons. The summed E-state index contributed by atoms with van der Waals surface area (Å²) in [5.41, 5.74) is 0. The van der Waals surface area contributed by atoms with Crippen LogP contribution in [-0.2, 0) is 43.8 Å². The van der Waals surface area contributed by atoms with E-state index in [1.54, 1.807) is 0 Å². The summed E-state index contributed by atoms with van der Waals surface area (Å²) in [7, 11) is 0. The minimum absolute atomic E-state index is 0.738. The molecule has 96 valence electrons. The van der Waals surface area contributed by atoms with Crippen molar-refractivity contribution in [3.8, 4) is 0 Å². The van der Waals surface area contributed by atoms with Crippen LogP contribution in [0.25, 0.3) is 0 Å². The fourth-order valence-electron chi connectivity index (χ4n) is 0.286. The van der Waals surface area contributed by atoms with Gasteiger partial charge in [-0.3, -0.25) is 0 Å². The van der Waals surface area contributed by atoms with Crippen molar-refractivity contribution in [3.63, 3.8) is 0 Å². The van der Waals surface area contributed by atoms with Crippen molar-refractivity contribution in [3.05, 3.63) is 45.9 Å². The molecule has 0 unspecified atom stereocenters. The van der Waals surface area contributed by atoms with Crippen molar-refractivity contribution in [2.75, 3.05) is 6.61 Å². The average Bonchev–Trinajstić information content (AvgIpc) is 2.49. The van der Waals surface area contributed by atoms with Gasteiger partial charge in [-0.2, -0.15) is 0 Å². The molecule has 0 aromatic heterocycles. The third kappa shape index (κ3) is 195. The first-order chi connectivity index (χ1) is 8.77. The monoisotopic (exact) mass is 290 g/mol. The van der Waals surface area contributed by atoms with E-state index in [0.29, 0.717) is 0 Å². The fraction of sp³-hybridized carbons (Fsp3) is 0.273. The first-order valence-electron chi connectivity index (χ1n) is 3.53. The summed E-state index contributed by atoms with van der Waals surface area (Å²) in [4.78, 5) is 0. The zero-order chi connectivity index (χ0) is 16.4. The van der Waals surface area contributed by atoms with Gasteiger partial charge >= 0.3 is 114 Å². The molecule has 18 heavy (non-hydrogen) atoms. The topological polar surface area (TPSA) is 109 Å². The van der Waals surface area contributed by atoms with Gasteiger partial charge in [-0.25, -0.2) is 0 Å². The van der Waals surface area contributed by atoms with Crippen molar-refractivity contribution in [2.45, 2.75) is 13.3 Å². The van der Waals surface area contributed by atoms with Crippen molar-refractivity contribution in [1.82, 2.24) is 0 Å². The molecule has 0 N–H and O–H groups in total. The molecule has 0 rings (SSSR count). The third-order valence-corrected chi connectivity index (χ3v) is 0.811.